The molecule has 1 aliphatic rings. The topological polar surface area (TPSA) is 55.1 Å². The Morgan fingerprint density at radius 3 is 3.00 bits per heavy atom. The summed E-state index contributed by atoms with van der Waals surface area (Å²) in [7, 11) is 0. The van der Waals surface area contributed by atoms with Gasteiger partial charge in [-0.15, -0.1) is 0 Å². The molecular weight excluding hydrogens is 144 g/mol. The van der Waals surface area contributed by atoms with Crippen molar-refractivity contribution in [2.75, 3.05) is 0 Å². The van der Waals surface area contributed by atoms with E-state index in [9.17, 15) is 4.79 Å². The number of hydrogen-bond donors (Lipinski definition) is 1. The molecule has 1 aliphatic carbocycles. The molecule has 1 aromatic rings. The lowest BCUT2D eigenvalue weighted by atomic mass is 10.4. The van der Waals surface area contributed by atoms with Gasteiger partial charge in [0.25, 0.3) is 0 Å². The Labute approximate surface area is 63.4 Å². The van der Waals surface area contributed by atoms with E-state index in [4.69, 9.17) is 5.11 Å². The second-order valence-electron chi connectivity index (χ2n) is 2.71. The molecular formula is C7H8N2O2. The highest BCUT2D eigenvalue weighted by Gasteiger charge is 2.27. The quantitative estimate of drug-likeness (QED) is 0.636. The number of carbonyl (C=O) groups is 1. The van der Waals surface area contributed by atoms with Gasteiger partial charge in [0.05, 0.1) is 12.2 Å². The van der Waals surface area contributed by atoms with Crippen molar-refractivity contribution < 1.29 is 9.90 Å². The minimum absolute atomic E-state index is 0.0214. The van der Waals surface area contributed by atoms with Crippen LogP contribution in [0.15, 0.2) is 6.20 Å². The number of nitrogens with zero attached hydrogens (tertiary/aromatic N) is 2. The zero-order chi connectivity index (χ0) is 7.84. The third-order valence-electron chi connectivity index (χ3n) is 1.82. The van der Waals surface area contributed by atoms with Gasteiger partial charge in [0.2, 0.25) is 0 Å². The van der Waals surface area contributed by atoms with Crippen molar-refractivity contribution in [1.82, 2.24) is 9.78 Å². The number of aldehydes is 1. The van der Waals surface area contributed by atoms with Gasteiger partial charge in [0.15, 0.2) is 12.0 Å². The molecule has 2 rings (SSSR count). The van der Waals surface area contributed by atoms with Crippen molar-refractivity contribution in [2.24, 2.45) is 0 Å². The SMILES string of the molecule is O=Cc1c(O)cnn1C1CC1. The second kappa shape index (κ2) is 2.08. The van der Waals surface area contributed by atoms with Crippen molar-refractivity contribution in [3.63, 3.8) is 0 Å². The highest BCUT2D eigenvalue weighted by molar-refractivity contribution is 5.76. The van der Waals surface area contributed by atoms with E-state index in [1.807, 2.05) is 0 Å². The van der Waals surface area contributed by atoms with Gasteiger partial charge in [-0.3, -0.25) is 9.48 Å². The van der Waals surface area contributed by atoms with Crippen LogP contribution in [0.5, 0.6) is 5.75 Å². The molecule has 0 atom stereocenters. The van der Waals surface area contributed by atoms with Gasteiger partial charge in [-0.1, -0.05) is 0 Å². The van der Waals surface area contributed by atoms with Crippen molar-refractivity contribution in [3.05, 3.63) is 11.9 Å². The summed E-state index contributed by atoms with van der Waals surface area (Å²) in [6.07, 6.45) is 4.06. The zero-order valence-electron chi connectivity index (χ0n) is 5.90. The smallest absolute Gasteiger partial charge is 0.171 e. The molecule has 0 radical (unpaired) electrons. The predicted octanol–water partition coefficient (Wildman–Crippen LogP) is 0.736. The van der Waals surface area contributed by atoms with Crippen molar-refractivity contribution in [1.29, 1.82) is 0 Å². The van der Waals surface area contributed by atoms with Gasteiger partial charge >= 0.3 is 0 Å². The lowest BCUT2D eigenvalue weighted by Gasteiger charge is -1.97. The van der Waals surface area contributed by atoms with Crippen molar-refractivity contribution in [2.45, 2.75) is 18.9 Å². The number of carbonyl (C=O) groups excluding carboxylic acids is 1. The van der Waals surface area contributed by atoms with Crippen LogP contribution in [0.1, 0.15) is 29.4 Å². The summed E-state index contributed by atoms with van der Waals surface area (Å²) in [6, 6.07) is 0.344. The molecule has 1 N–H and O–H groups in total. The normalized spacial score (nSPS) is 16.7. The van der Waals surface area contributed by atoms with Crippen LogP contribution in [0.2, 0.25) is 0 Å². The first-order valence-corrected chi connectivity index (χ1v) is 3.54. The van der Waals surface area contributed by atoms with E-state index >= 15 is 0 Å². The lowest BCUT2D eigenvalue weighted by molar-refractivity contribution is 0.111. The molecule has 58 valence electrons. The molecule has 0 aromatic carbocycles. The van der Waals surface area contributed by atoms with E-state index in [-0.39, 0.29) is 5.75 Å². The maximum absolute atomic E-state index is 10.4. The summed E-state index contributed by atoms with van der Waals surface area (Å²) in [5, 5.41) is 13.0. The molecule has 1 saturated carbocycles. The summed E-state index contributed by atoms with van der Waals surface area (Å²) in [6.45, 7) is 0. The average molecular weight is 152 g/mol. The Bertz CT molecular complexity index is 289. The van der Waals surface area contributed by atoms with Crippen molar-refractivity contribution >= 4 is 6.29 Å². The minimum Gasteiger partial charge on any atom is -0.504 e. The van der Waals surface area contributed by atoms with E-state index in [2.05, 4.69) is 5.10 Å². The van der Waals surface area contributed by atoms with E-state index in [1.54, 1.807) is 4.68 Å². The fourth-order valence-corrected chi connectivity index (χ4v) is 1.09. The van der Waals surface area contributed by atoms with Crippen molar-refractivity contribution in [3.8, 4) is 5.75 Å². The first-order valence-electron chi connectivity index (χ1n) is 3.54. The Kier molecular flexibility index (Phi) is 1.21. The molecule has 0 aliphatic heterocycles. The molecule has 0 bridgehead atoms. The van der Waals surface area contributed by atoms with E-state index in [0.717, 1.165) is 12.8 Å². The van der Waals surface area contributed by atoms with Gasteiger partial charge in [0.1, 0.15) is 5.69 Å². The van der Waals surface area contributed by atoms with Crippen LogP contribution < -0.4 is 0 Å². The highest BCUT2D eigenvalue weighted by atomic mass is 16.3. The van der Waals surface area contributed by atoms with Crippen LogP contribution >= 0.6 is 0 Å². The van der Waals surface area contributed by atoms with Gasteiger partial charge in [0, 0.05) is 0 Å². The van der Waals surface area contributed by atoms with Crippen LogP contribution in [0.4, 0.5) is 0 Å². The van der Waals surface area contributed by atoms with Crippen LogP contribution in [-0.4, -0.2) is 21.2 Å². The molecule has 1 heterocycles. The largest absolute Gasteiger partial charge is 0.504 e. The fourth-order valence-electron chi connectivity index (χ4n) is 1.09. The fraction of sp³-hybridized carbons (Fsp3) is 0.429. The summed E-state index contributed by atoms with van der Waals surface area (Å²) in [5.41, 5.74) is 0.299. The monoisotopic (exact) mass is 152 g/mol. The third kappa shape index (κ3) is 0.906. The Morgan fingerprint density at radius 2 is 2.45 bits per heavy atom. The molecule has 4 heteroatoms. The van der Waals surface area contributed by atoms with Gasteiger partial charge < -0.3 is 5.11 Å². The maximum atomic E-state index is 10.4. The van der Waals surface area contributed by atoms with E-state index in [0.29, 0.717) is 18.0 Å². The van der Waals surface area contributed by atoms with Gasteiger partial charge in [-0.05, 0) is 12.8 Å². The number of hydrogen-bond acceptors (Lipinski definition) is 3. The Morgan fingerprint density at radius 1 is 1.73 bits per heavy atom. The third-order valence-corrected chi connectivity index (χ3v) is 1.82. The second-order valence-corrected chi connectivity index (χ2v) is 2.71. The lowest BCUT2D eigenvalue weighted by Crippen LogP contribution is -2.00. The summed E-state index contributed by atoms with van der Waals surface area (Å²) >= 11 is 0. The van der Waals surface area contributed by atoms with Crippen LogP contribution in [0, 0.1) is 0 Å². The zero-order valence-corrected chi connectivity index (χ0v) is 5.90. The van der Waals surface area contributed by atoms with Crippen LogP contribution in [0.3, 0.4) is 0 Å². The molecule has 4 nitrogen and oxygen atoms in total. The number of aromatic hydroxyl groups is 1. The number of rotatable bonds is 2. The van der Waals surface area contributed by atoms with E-state index < -0.39 is 0 Å². The molecule has 1 aromatic heterocycles. The Balaban J connectivity index is 2.44. The molecule has 0 amide bonds. The van der Waals surface area contributed by atoms with Crippen LogP contribution in [-0.2, 0) is 0 Å². The van der Waals surface area contributed by atoms with Gasteiger partial charge in [-0.25, -0.2) is 0 Å². The van der Waals surface area contributed by atoms with Gasteiger partial charge in [-0.2, -0.15) is 5.10 Å². The average Bonchev–Trinajstić information content (AvgIpc) is 2.76. The van der Waals surface area contributed by atoms with E-state index in [1.165, 1.54) is 6.20 Å². The molecule has 11 heavy (non-hydrogen) atoms. The Hall–Kier alpha value is -1.32. The molecule has 0 saturated heterocycles. The van der Waals surface area contributed by atoms with Crippen LogP contribution in [0.25, 0.3) is 0 Å². The number of aromatic nitrogens is 2. The standard InChI is InChI=1S/C7H8N2O2/c10-4-6-7(11)3-8-9(6)5-1-2-5/h3-5,11H,1-2H2. The molecule has 0 unspecified atom stereocenters. The summed E-state index contributed by atoms with van der Waals surface area (Å²) in [5.74, 6) is -0.0214. The molecule has 0 spiro atoms. The summed E-state index contributed by atoms with van der Waals surface area (Å²) in [4.78, 5) is 10.4. The minimum atomic E-state index is -0.0214. The predicted molar refractivity (Wildman–Crippen MR) is 37.6 cm³/mol. The molecule has 1 fully saturated rings. The maximum Gasteiger partial charge on any atom is 0.171 e. The first kappa shape index (κ1) is 6.39. The first-order chi connectivity index (χ1) is 5.33. The summed E-state index contributed by atoms with van der Waals surface area (Å²) < 4.78 is 1.59. The highest BCUT2D eigenvalue weighted by Crippen LogP contribution is 2.36.